The summed E-state index contributed by atoms with van der Waals surface area (Å²) in [6.07, 6.45) is 10.3. The first-order chi connectivity index (χ1) is 8.84. The third-order valence-electron chi connectivity index (χ3n) is 5.52. The Bertz CT molecular complexity index is 390. The van der Waals surface area contributed by atoms with Gasteiger partial charge >= 0.3 is 0 Å². The van der Waals surface area contributed by atoms with Gasteiger partial charge in [-0.15, -0.1) is 0 Å². The van der Waals surface area contributed by atoms with Crippen LogP contribution in [0.4, 0.5) is 0 Å². The molecule has 4 rings (SSSR count). The van der Waals surface area contributed by atoms with Gasteiger partial charge in [0.2, 0.25) is 5.91 Å². The summed E-state index contributed by atoms with van der Waals surface area (Å²) in [5.41, 5.74) is 0. The molecule has 3 fully saturated rings. The Morgan fingerprint density at radius 1 is 1.17 bits per heavy atom. The van der Waals surface area contributed by atoms with Gasteiger partial charge in [0.05, 0.1) is 6.04 Å². The van der Waals surface area contributed by atoms with Crippen molar-refractivity contribution in [3.05, 3.63) is 12.2 Å². The third-order valence-corrected chi connectivity index (χ3v) is 5.52. The molecule has 4 heterocycles. The molecule has 18 heavy (non-hydrogen) atoms. The topological polar surface area (TPSA) is 23.6 Å². The minimum atomic E-state index is 0.364. The van der Waals surface area contributed by atoms with Gasteiger partial charge in [0.15, 0.2) is 0 Å². The highest BCUT2D eigenvalue weighted by Gasteiger charge is 2.49. The van der Waals surface area contributed by atoms with E-state index in [-0.39, 0.29) is 0 Å². The molecule has 0 spiro atoms. The molecule has 0 unspecified atom stereocenters. The number of amides is 1. The van der Waals surface area contributed by atoms with Crippen LogP contribution in [-0.2, 0) is 4.79 Å². The first kappa shape index (κ1) is 11.0. The first-order valence-corrected chi connectivity index (χ1v) is 7.55. The Labute approximate surface area is 109 Å². The highest BCUT2D eigenvalue weighted by atomic mass is 16.2. The summed E-state index contributed by atoms with van der Waals surface area (Å²) in [4.78, 5) is 17.0. The standard InChI is InChI=1S/C15H22N2O/c18-14-7-1-6-13-12-5-3-9-16-8-2-4-11(15(12)16)10-17(13)14/h1,6,11-13,15H,2-5,7-10H2/t11-,12-,13+,15-/m0/s1. The lowest BCUT2D eigenvalue weighted by molar-refractivity contribution is -0.143. The molecule has 0 saturated carbocycles. The average Bonchev–Trinajstić information content (AvgIpc) is 2.41. The van der Waals surface area contributed by atoms with Crippen molar-refractivity contribution in [2.24, 2.45) is 11.8 Å². The zero-order valence-corrected chi connectivity index (χ0v) is 10.9. The van der Waals surface area contributed by atoms with E-state index in [0.717, 1.165) is 18.5 Å². The maximum absolute atomic E-state index is 12.1. The van der Waals surface area contributed by atoms with E-state index in [4.69, 9.17) is 0 Å². The van der Waals surface area contributed by atoms with E-state index in [9.17, 15) is 4.79 Å². The van der Waals surface area contributed by atoms with E-state index in [1.165, 1.54) is 38.8 Å². The van der Waals surface area contributed by atoms with Crippen molar-refractivity contribution < 1.29 is 4.79 Å². The van der Waals surface area contributed by atoms with Gasteiger partial charge < -0.3 is 4.90 Å². The van der Waals surface area contributed by atoms with Gasteiger partial charge in [0, 0.05) is 19.0 Å². The molecule has 0 aliphatic carbocycles. The van der Waals surface area contributed by atoms with Gasteiger partial charge in [-0.3, -0.25) is 9.69 Å². The number of hydrogen-bond acceptors (Lipinski definition) is 2. The van der Waals surface area contributed by atoms with Crippen LogP contribution in [0, 0.1) is 11.8 Å². The zero-order chi connectivity index (χ0) is 12.1. The molecule has 3 heteroatoms. The van der Waals surface area contributed by atoms with Gasteiger partial charge in [-0.25, -0.2) is 0 Å². The highest BCUT2D eigenvalue weighted by molar-refractivity contribution is 5.79. The quantitative estimate of drug-likeness (QED) is 0.607. The van der Waals surface area contributed by atoms with Gasteiger partial charge in [0.25, 0.3) is 0 Å². The van der Waals surface area contributed by atoms with Crippen LogP contribution < -0.4 is 0 Å². The lowest BCUT2D eigenvalue weighted by atomic mass is 9.69. The van der Waals surface area contributed by atoms with E-state index < -0.39 is 0 Å². The average molecular weight is 246 g/mol. The van der Waals surface area contributed by atoms with Crippen LogP contribution in [0.2, 0.25) is 0 Å². The maximum Gasteiger partial charge on any atom is 0.226 e. The summed E-state index contributed by atoms with van der Waals surface area (Å²) in [6.45, 7) is 3.61. The van der Waals surface area contributed by atoms with E-state index in [2.05, 4.69) is 22.0 Å². The lowest BCUT2D eigenvalue weighted by Gasteiger charge is -2.57. The summed E-state index contributed by atoms with van der Waals surface area (Å²) in [5, 5.41) is 0. The second-order valence-corrected chi connectivity index (χ2v) is 6.40. The van der Waals surface area contributed by atoms with Crippen molar-refractivity contribution in [2.45, 2.75) is 44.2 Å². The molecular formula is C15H22N2O. The van der Waals surface area contributed by atoms with Crippen LogP contribution in [0.25, 0.3) is 0 Å². The molecule has 4 aliphatic heterocycles. The number of piperidine rings is 3. The number of fused-ring (bicyclic) bond motifs is 2. The summed E-state index contributed by atoms with van der Waals surface area (Å²) >= 11 is 0. The predicted molar refractivity (Wildman–Crippen MR) is 70.1 cm³/mol. The fourth-order valence-electron chi connectivity index (χ4n) is 4.87. The summed E-state index contributed by atoms with van der Waals surface area (Å²) < 4.78 is 0. The Morgan fingerprint density at radius 2 is 2.00 bits per heavy atom. The molecule has 0 N–H and O–H groups in total. The minimum Gasteiger partial charge on any atom is -0.335 e. The Hall–Kier alpha value is -0.830. The van der Waals surface area contributed by atoms with E-state index in [0.29, 0.717) is 24.3 Å². The third kappa shape index (κ3) is 1.49. The highest BCUT2D eigenvalue weighted by Crippen LogP contribution is 2.43. The van der Waals surface area contributed by atoms with Crippen molar-refractivity contribution in [2.75, 3.05) is 19.6 Å². The SMILES string of the molecule is O=C1CC=C[C@@H]2[C@@H]3CCCN4CCC[C@@H](CN12)[C@@H]34. The molecule has 3 nitrogen and oxygen atoms in total. The van der Waals surface area contributed by atoms with Gasteiger partial charge in [0.1, 0.15) is 0 Å². The number of carbonyl (C=O) groups excluding carboxylic acids is 1. The van der Waals surface area contributed by atoms with E-state index in [1.807, 2.05) is 0 Å². The molecule has 0 aromatic carbocycles. The number of rotatable bonds is 0. The molecule has 4 aliphatic rings. The minimum absolute atomic E-state index is 0.364. The fraction of sp³-hybridized carbons (Fsp3) is 0.800. The van der Waals surface area contributed by atoms with Crippen molar-refractivity contribution in [1.82, 2.24) is 9.80 Å². The van der Waals surface area contributed by atoms with Crippen LogP contribution in [0.1, 0.15) is 32.1 Å². The van der Waals surface area contributed by atoms with Crippen LogP contribution >= 0.6 is 0 Å². The van der Waals surface area contributed by atoms with Crippen LogP contribution in [0.3, 0.4) is 0 Å². The number of carbonyl (C=O) groups is 1. The second kappa shape index (κ2) is 4.09. The fourth-order valence-corrected chi connectivity index (χ4v) is 4.87. The van der Waals surface area contributed by atoms with E-state index >= 15 is 0 Å². The molecule has 0 aromatic rings. The second-order valence-electron chi connectivity index (χ2n) is 6.40. The molecule has 0 aromatic heterocycles. The molecule has 3 saturated heterocycles. The van der Waals surface area contributed by atoms with Crippen molar-refractivity contribution in [3.8, 4) is 0 Å². The van der Waals surface area contributed by atoms with Crippen LogP contribution in [0.5, 0.6) is 0 Å². The van der Waals surface area contributed by atoms with Crippen LogP contribution in [0.15, 0.2) is 12.2 Å². The summed E-state index contributed by atoms with van der Waals surface area (Å²) in [5.74, 6) is 1.82. The van der Waals surface area contributed by atoms with Crippen molar-refractivity contribution in [1.29, 1.82) is 0 Å². The van der Waals surface area contributed by atoms with Gasteiger partial charge in [-0.2, -0.15) is 0 Å². The van der Waals surface area contributed by atoms with Gasteiger partial charge in [-0.1, -0.05) is 12.2 Å². The number of nitrogens with zero attached hydrogens (tertiary/aromatic N) is 2. The Balaban J connectivity index is 1.69. The van der Waals surface area contributed by atoms with E-state index in [1.54, 1.807) is 0 Å². The Morgan fingerprint density at radius 3 is 2.89 bits per heavy atom. The number of hydrogen-bond donors (Lipinski definition) is 0. The predicted octanol–water partition coefficient (Wildman–Crippen LogP) is 1.65. The first-order valence-electron chi connectivity index (χ1n) is 7.55. The monoisotopic (exact) mass is 246 g/mol. The lowest BCUT2D eigenvalue weighted by Crippen LogP contribution is -2.65. The van der Waals surface area contributed by atoms with Crippen LogP contribution in [-0.4, -0.2) is 47.4 Å². The van der Waals surface area contributed by atoms with Gasteiger partial charge in [-0.05, 0) is 50.6 Å². The molecule has 1 amide bonds. The molecule has 0 radical (unpaired) electrons. The summed E-state index contributed by atoms with van der Waals surface area (Å²) in [6, 6.07) is 1.18. The largest absolute Gasteiger partial charge is 0.335 e. The molecular weight excluding hydrogens is 224 g/mol. The molecule has 4 atom stereocenters. The van der Waals surface area contributed by atoms with Crippen molar-refractivity contribution in [3.63, 3.8) is 0 Å². The molecule has 0 bridgehead atoms. The zero-order valence-electron chi connectivity index (χ0n) is 10.9. The van der Waals surface area contributed by atoms with Crippen molar-refractivity contribution >= 4 is 5.91 Å². The molecule has 98 valence electrons. The Kier molecular flexibility index (Phi) is 2.51. The summed E-state index contributed by atoms with van der Waals surface area (Å²) in [7, 11) is 0. The smallest absolute Gasteiger partial charge is 0.226 e. The maximum atomic E-state index is 12.1. The normalized spacial score (nSPS) is 43.6.